The Morgan fingerprint density at radius 1 is 1.19 bits per heavy atom. The molecule has 0 atom stereocenters. The van der Waals surface area contributed by atoms with Crippen molar-refractivity contribution in [2.45, 2.75) is 6.18 Å². The number of hydrogen-bond acceptors (Lipinski definition) is 4. The summed E-state index contributed by atoms with van der Waals surface area (Å²) in [6.45, 7) is 0. The van der Waals surface area contributed by atoms with Gasteiger partial charge in [0.15, 0.2) is 0 Å². The van der Waals surface area contributed by atoms with Crippen molar-refractivity contribution < 1.29 is 22.8 Å². The van der Waals surface area contributed by atoms with E-state index in [1.807, 2.05) is 0 Å². The van der Waals surface area contributed by atoms with Gasteiger partial charge >= 0.3 is 17.7 Å². The molecule has 0 fully saturated rings. The van der Waals surface area contributed by atoms with Crippen LogP contribution in [0.1, 0.15) is 5.56 Å². The number of para-hydroxylation sites is 1. The first-order valence-corrected chi connectivity index (χ1v) is 5.82. The van der Waals surface area contributed by atoms with E-state index >= 15 is 0 Å². The van der Waals surface area contributed by atoms with Crippen LogP contribution in [0.15, 0.2) is 36.4 Å². The van der Waals surface area contributed by atoms with E-state index in [0.29, 0.717) is 0 Å². The molecule has 0 bridgehead atoms. The first kappa shape index (κ1) is 15.0. The van der Waals surface area contributed by atoms with Crippen molar-refractivity contribution in [2.24, 2.45) is 0 Å². The lowest BCUT2D eigenvalue weighted by Gasteiger charge is -2.12. The molecule has 2 aromatic rings. The summed E-state index contributed by atoms with van der Waals surface area (Å²) in [4.78, 5) is 13.5. The van der Waals surface area contributed by atoms with Gasteiger partial charge in [-0.25, -0.2) is 0 Å². The number of nitro groups is 1. The van der Waals surface area contributed by atoms with Gasteiger partial charge in [-0.15, -0.1) is 0 Å². The standard InChI is InChI=1S/C12H6ClF3N2O3/c13-10-6-5-8(18(19)20)11(17-10)21-9-4-2-1-3-7(9)12(14,15)16/h1-6H. The highest BCUT2D eigenvalue weighted by molar-refractivity contribution is 6.29. The SMILES string of the molecule is O=[N+]([O-])c1ccc(Cl)nc1Oc1ccccc1C(F)(F)F. The summed E-state index contributed by atoms with van der Waals surface area (Å²) in [6, 6.07) is 6.46. The Kier molecular flexibility index (Phi) is 3.99. The second kappa shape index (κ2) is 5.57. The first-order valence-electron chi connectivity index (χ1n) is 5.44. The Labute approximate surface area is 121 Å². The van der Waals surface area contributed by atoms with Crippen molar-refractivity contribution in [3.8, 4) is 11.6 Å². The van der Waals surface area contributed by atoms with Gasteiger partial charge in [0.2, 0.25) is 0 Å². The van der Waals surface area contributed by atoms with Crippen LogP contribution in [0.2, 0.25) is 5.15 Å². The summed E-state index contributed by atoms with van der Waals surface area (Å²) < 4.78 is 43.4. The van der Waals surface area contributed by atoms with Gasteiger partial charge in [0.25, 0.3) is 0 Å². The van der Waals surface area contributed by atoms with Gasteiger partial charge in [-0.2, -0.15) is 18.2 Å². The third-order valence-corrected chi connectivity index (χ3v) is 2.61. The maximum atomic E-state index is 12.8. The van der Waals surface area contributed by atoms with Crippen LogP contribution in [-0.4, -0.2) is 9.91 Å². The fraction of sp³-hybridized carbons (Fsp3) is 0.0833. The van der Waals surface area contributed by atoms with E-state index in [2.05, 4.69) is 4.98 Å². The van der Waals surface area contributed by atoms with Crippen LogP contribution in [0, 0.1) is 10.1 Å². The molecule has 0 saturated carbocycles. The fourth-order valence-corrected chi connectivity index (χ4v) is 1.66. The lowest BCUT2D eigenvalue weighted by atomic mass is 10.2. The number of hydrogen-bond donors (Lipinski definition) is 0. The molecule has 0 aliphatic carbocycles. The van der Waals surface area contributed by atoms with E-state index in [4.69, 9.17) is 16.3 Å². The van der Waals surface area contributed by atoms with Crippen molar-refractivity contribution in [3.05, 3.63) is 57.2 Å². The Balaban J connectivity index is 2.49. The number of alkyl halides is 3. The molecule has 0 N–H and O–H groups in total. The van der Waals surface area contributed by atoms with Gasteiger partial charge in [-0.3, -0.25) is 10.1 Å². The third kappa shape index (κ3) is 3.40. The number of rotatable bonds is 3. The normalized spacial score (nSPS) is 11.2. The van der Waals surface area contributed by atoms with Gasteiger partial charge in [0.05, 0.1) is 10.5 Å². The van der Waals surface area contributed by atoms with Gasteiger partial charge in [-0.1, -0.05) is 23.7 Å². The maximum absolute atomic E-state index is 12.8. The lowest BCUT2D eigenvalue weighted by molar-refractivity contribution is -0.386. The summed E-state index contributed by atoms with van der Waals surface area (Å²) >= 11 is 5.58. The minimum atomic E-state index is -4.66. The molecule has 2 rings (SSSR count). The van der Waals surface area contributed by atoms with Gasteiger partial charge < -0.3 is 4.74 Å². The van der Waals surface area contributed by atoms with Crippen LogP contribution in [0.25, 0.3) is 0 Å². The van der Waals surface area contributed by atoms with E-state index in [9.17, 15) is 23.3 Å². The molecule has 0 spiro atoms. The number of nitrogens with zero attached hydrogens (tertiary/aromatic N) is 2. The molecule has 0 amide bonds. The number of aromatic nitrogens is 1. The molecule has 9 heteroatoms. The summed E-state index contributed by atoms with van der Waals surface area (Å²) in [7, 11) is 0. The molecule has 5 nitrogen and oxygen atoms in total. The van der Waals surface area contributed by atoms with Crippen LogP contribution in [-0.2, 0) is 6.18 Å². The van der Waals surface area contributed by atoms with Crippen LogP contribution < -0.4 is 4.74 Å². The van der Waals surface area contributed by atoms with Crippen molar-refractivity contribution >= 4 is 17.3 Å². The minimum Gasteiger partial charge on any atom is -0.433 e. The second-order valence-electron chi connectivity index (χ2n) is 3.81. The highest BCUT2D eigenvalue weighted by Crippen LogP contribution is 2.39. The average molecular weight is 319 g/mol. The van der Waals surface area contributed by atoms with E-state index in [1.165, 1.54) is 12.1 Å². The summed E-state index contributed by atoms with van der Waals surface area (Å²) in [5, 5.41) is 10.7. The van der Waals surface area contributed by atoms with Crippen LogP contribution in [0.5, 0.6) is 11.6 Å². The molecule has 0 radical (unpaired) electrons. The van der Waals surface area contributed by atoms with Crippen LogP contribution in [0.4, 0.5) is 18.9 Å². The lowest BCUT2D eigenvalue weighted by Crippen LogP contribution is -2.07. The molecule has 0 aliphatic rings. The largest absolute Gasteiger partial charge is 0.433 e. The number of benzene rings is 1. The predicted molar refractivity (Wildman–Crippen MR) is 67.4 cm³/mol. The van der Waals surface area contributed by atoms with Gasteiger partial charge in [0, 0.05) is 6.07 Å². The van der Waals surface area contributed by atoms with E-state index in [-0.39, 0.29) is 5.15 Å². The number of ether oxygens (including phenoxy) is 1. The summed E-state index contributed by atoms with van der Waals surface area (Å²) in [5.74, 6) is -1.20. The predicted octanol–water partition coefficient (Wildman–Crippen LogP) is 4.45. The first-order chi connectivity index (χ1) is 9.79. The molecule has 21 heavy (non-hydrogen) atoms. The Morgan fingerprint density at radius 3 is 2.48 bits per heavy atom. The maximum Gasteiger partial charge on any atom is 0.419 e. The van der Waals surface area contributed by atoms with Crippen LogP contribution in [0.3, 0.4) is 0 Å². The van der Waals surface area contributed by atoms with E-state index < -0.39 is 34.0 Å². The molecule has 0 unspecified atom stereocenters. The van der Waals surface area contributed by atoms with Crippen LogP contribution >= 0.6 is 11.6 Å². The Hall–Kier alpha value is -2.35. The fourth-order valence-electron chi connectivity index (χ4n) is 1.52. The molecular formula is C12H6ClF3N2O3. The highest BCUT2D eigenvalue weighted by Gasteiger charge is 2.35. The summed E-state index contributed by atoms with van der Waals surface area (Å²) in [5.41, 5.74) is -1.66. The monoisotopic (exact) mass is 318 g/mol. The molecule has 0 aliphatic heterocycles. The van der Waals surface area contributed by atoms with Crippen molar-refractivity contribution in [3.63, 3.8) is 0 Å². The van der Waals surface area contributed by atoms with Crippen molar-refractivity contribution in [2.75, 3.05) is 0 Å². The smallest absolute Gasteiger partial charge is 0.419 e. The topological polar surface area (TPSA) is 65.3 Å². The summed E-state index contributed by atoms with van der Waals surface area (Å²) in [6.07, 6.45) is -4.66. The molecule has 110 valence electrons. The zero-order valence-corrected chi connectivity index (χ0v) is 10.9. The molecule has 1 aromatic carbocycles. The second-order valence-corrected chi connectivity index (χ2v) is 4.20. The Morgan fingerprint density at radius 2 is 1.86 bits per heavy atom. The minimum absolute atomic E-state index is 0.139. The van der Waals surface area contributed by atoms with Crippen molar-refractivity contribution in [1.29, 1.82) is 0 Å². The average Bonchev–Trinajstić information content (AvgIpc) is 2.37. The third-order valence-electron chi connectivity index (χ3n) is 2.40. The number of pyridine rings is 1. The zero-order valence-electron chi connectivity index (χ0n) is 10.1. The number of halogens is 4. The molecule has 1 heterocycles. The van der Waals surface area contributed by atoms with Gasteiger partial charge in [-0.05, 0) is 18.2 Å². The van der Waals surface area contributed by atoms with Gasteiger partial charge in [0.1, 0.15) is 10.9 Å². The zero-order chi connectivity index (χ0) is 15.6. The molecule has 1 aromatic heterocycles. The quantitative estimate of drug-likeness (QED) is 0.476. The molecular weight excluding hydrogens is 313 g/mol. The molecule has 0 saturated heterocycles. The van der Waals surface area contributed by atoms with E-state index in [0.717, 1.165) is 24.3 Å². The van der Waals surface area contributed by atoms with Crippen molar-refractivity contribution in [1.82, 2.24) is 4.98 Å². The highest BCUT2D eigenvalue weighted by atomic mass is 35.5. The van der Waals surface area contributed by atoms with E-state index in [1.54, 1.807) is 0 Å². The Bertz CT molecular complexity index is 692.